The van der Waals surface area contributed by atoms with Crippen molar-refractivity contribution in [3.8, 4) is 0 Å². The summed E-state index contributed by atoms with van der Waals surface area (Å²) in [5.41, 5.74) is 0. The fraction of sp³-hybridized carbons (Fsp3) is 1.00. The average Bonchev–Trinajstić information content (AvgIpc) is 3.03. The first-order valence-electron chi connectivity index (χ1n) is 8.79. The van der Waals surface area contributed by atoms with Crippen LogP contribution in [0.2, 0.25) is 12.1 Å². The SMILES string of the molecule is COC(OC)[SiH2]CCCN1CCN(CCC[SiH2]C(OC)OC)C1. The monoisotopic (exact) mass is 364 g/mol. The van der Waals surface area contributed by atoms with Crippen molar-refractivity contribution >= 4 is 19.0 Å². The van der Waals surface area contributed by atoms with E-state index in [2.05, 4.69) is 9.80 Å². The topological polar surface area (TPSA) is 43.4 Å². The summed E-state index contributed by atoms with van der Waals surface area (Å²) >= 11 is 0. The van der Waals surface area contributed by atoms with E-state index in [4.69, 9.17) is 18.9 Å². The van der Waals surface area contributed by atoms with Crippen LogP contribution in [-0.2, 0) is 18.9 Å². The molecule has 8 heteroatoms. The Bertz CT molecular complexity index is 256. The first-order valence-corrected chi connectivity index (χ1v) is 12.4. The second-order valence-corrected chi connectivity index (χ2v) is 10.1. The van der Waals surface area contributed by atoms with Crippen LogP contribution in [0.5, 0.6) is 0 Å². The number of hydrogen-bond acceptors (Lipinski definition) is 6. The van der Waals surface area contributed by atoms with Crippen molar-refractivity contribution in [1.29, 1.82) is 0 Å². The Hall–Kier alpha value is 0.194. The quantitative estimate of drug-likeness (QED) is 0.239. The van der Waals surface area contributed by atoms with Gasteiger partial charge in [0.1, 0.15) is 11.8 Å². The smallest absolute Gasteiger partial charge is 0.134 e. The van der Waals surface area contributed by atoms with Crippen molar-refractivity contribution in [2.24, 2.45) is 0 Å². The van der Waals surface area contributed by atoms with Crippen LogP contribution in [0.1, 0.15) is 12.8 Å². The Morgan fingerprint density at radius 2 is 1.13 bits per heavy atom. The second-order valence-electron chi connectivity index (χ2n) is 6.17. The van der Waals surface area contributed by atoms with Crippen LogP contribution in [0.15, 0.2) is 0 Å². The molecule has 1 rings (SSSR count). The molecule has 0 aromatic carbocycles. The van der Waals surface area contributed by atoms with Crippen molar-refractivity contribution in [3.05, 3.63) is 0 Å². The van der Waals surface area contributed by atoms with E-state index < -0.39 is 0 Å². The van der Waals surface area contributed by atoms with Gasteiger partial charge in [-0.3, -0.25) is 9.80 Å². The molecule has 23 heavy (non-hydrogen) atoms. The minimum atomic E-state index is -0.259. The molecule has 0 aromatic rings. The van der Waals surface area contributed by atoms with Crippen LogP contribution in [-0.4, -0.2) is 102 Å². The number of ether oxygens (including phenoxy) is 4. The van der Waals surface area contributed by atoms with Gasteiger partial charge in [-0.25, -0.2) is 0 Å². The summed E-state index contributed by atoms with van der Waals surface area (Å²) in [5, 5.41) is 0. The average molecular weight is 365 g/mol. The molecule has 138 valence electrons. The van der Waals surface area contributed by atoms with Gasteiger partial charge < -0.3 is 18.9 Å². The lowest BCUT2D eigenvalue weighted by molar-refractivity contribution is -0.0442. The van der Waals surface area contributed by atoms with Gasteiger partial charge in [0.05, 0.1) is 25.7 Å². The zero-order chi connectivity index (χ0) is 16.9. The molecular formula is C15H36N2O4Si2. The maximum atomic E-state index is 5.28. The largest absolute Gasteiger partial charge is 0.360 e. The lowest BCUT2D eigenvalue weighted by Gasteiger charge is -2.19. The molecule has 0 amide bonds. The number of rotatable bonds is 14. The van der Waals surface area contributed by atoms with E-state index in [0.717, 1.165) is 6.67 Å². The third-order valence-electron chi connectivity index (χ3n) is 4.51. The molecule has 0 saturated carbocycles. The Morgan fingerprint density at radius 3 is 1.48 bits per heavy atom. The van der Waals surface area contributed by atoms with E-state index in [9.17, 15) is 0 Å². The highest BCUT2D eigenvalue weighted by Crippen LogP contribution is 2.09. The van der Waals surface area contributed by atoms with Crippen molar-refractivity contribution < 1.29 is 18.9 Å². The van der Waals surface area contributed by atoms with Crippen LogP contribution in [0.4, 0.5) is 0 Å². The molecular weight excluding hydrogens is 328 g/mol. The normalized spacial score (nSPS) is 18.0. The third-order valence-corrected chi connectivity index (χ3v) is 8.60. The van der Waals surface area contributed by atoms with Crippen LogP contribution in [0.25, 0.3) is 0 Å². The van der Waals surface area contributed by atoms with Crippen molar-refractivity contribution in [3.63, 3.8) is 0 Å². The molecule has 0 spiro atoms. The summed E-state index contributed by atoms with van der Waals surface area (Å²) < 4.78 is 21.1. The Balaban J connectivity index is 2.00. The van der Waals surface area contributed by atoms with Gasteiger partial charge in [0, 0.05) is 41.5 Å². The highest BCUT2D eigenvalue weighted by Gasteiger charge is 2.19. The lowest BCUT2D eigenvalue weighted by atomic mass is 10.4. The van der Waals surface area contributed by atoms with E-state index in [1.807, 2.05) is 0 Å². The van der Waals surface area contributed by atoms with Gasteiger partial charge in [0.15, 0.2) is 0 Å². The van der Waals surface area contributed by atoms with Crippen molar-refractivity contribution in [2.75, 3.05) is 61.3 Å². The number of nitrogens with zero attached hydrogens (tertiary/aromatic N) is 2. The van der Waals surface area contributed by atoms with E-state index in [0.29, 0.717) is 0 Å². The zero-order valence-electron chi connectivity index (χ0n) is 15.5. The zero-order valence-corrected chi connectivity index (χ0v) is 18.3. The first kappa shape index (κ1) is 21.2. The fourth-order valence-electron chi connectivity index (χ4n) is 3.03. The van der Waals surface area contributed by atoms with E-state index in [1.54, 1.807) is 28.4 Å². The Kier molecular flexibility index (Phi) is 12.4. The predicted molar refractivity (Wildman–Crippen MR) is 99.6 cm³/mol. The van der Waals surface area contributed by atoms with Crippen LogP contribution < -0.4 is 0 Å². The Morgan fingerprint density at radius 1 is 0.739 bits per heavy atom. The molecule has 1 aliphatic rings. The number of hydrogen-bond donors (Lipinski definition) is 0. The lowest BCUT2D eigenvalue weighted by Crippen LogP contribution is -2.28. The molecule has 1 saturated heterocycles. The number of methoxy groups -OCH3 is 4. The highest BCUT2D eigenvalue weighted by atomic mass is 28.2. The maximum absolute atomic E-state index is 5.28. The van der Waals surface area contributed by atoms with E-state index in [1.165, 1.54) is 51.1 Å². The summed E-state index contributed by atoms with van der Waals surface area (Å²) in [6.07, 6.45) is 2.55. The fourth-order valence-corrected chi connectivity index (χ4v) is 5.66. The van der Waals surface area contributed by atoms with Crippen LogP contribution in [0.3, 0.4) is 0 Å². The maximum Gasteiger partial charge on any atom is 0.134 e. The van der Waals surface area contributed by atoms with Gasteiger partial charge >= 0.3 is 0 Å². The minimum Gasteiger partial charge on any atom is -0.360 e. The van der Waals surface area contributed by atoms with Crippen LogP contribution in [0, 0.1) is 0 Å². The summed E-state index contributed by atoms with van der Waals surface area (Å²) in [6, 6.07) is 2.59. The van der Waals surface area contributed by atoms with Gasteiger partial charge in [-0.05, 0) is 25.9 Å². The van der Waals surface area contributed by atoms with Gasteiger partial charge in [-0.2, -0.15) is 0 Å². The molecule has 0 atom stereocenters. The highest BCUT2D eigenvalue weighted by molar-refractivity contribution is 6.36. The van der Waals surface area contributed by atoms with E-state index >= 15 is 0 Å². The summed E-state index contributed by atoms with van der Waals surface area (Å²) in [7, 11) is 6.44. The summed E-state index contributed by atoms with van der Waals surface area (Å²) in [4.78, 5) is 5.15. The van der Waals surface area contributed by atoms with E-state index in [-0.39, 0.29) is 30.9 Å². The van der Waals surface area contributed by atoms with Gasteiger partial charge in [-0.15, -0.1) is 0 Å². The van der Waals surface area contributed by atoms with Gasteiger partial charge in [0.2, 0.25) is 0 Å². The van der Waals surface area contributed by atoms with Crippen molar-refractivity contribution in [1.82, 2.24) is 9.80 Å². The molecule has 0 unspecified atom stereocenters. The minimum absolute atomic E-state index is 0.0947. The first-order chi connectivity index (χ1) is 11.2. The standard InChI is InChI=1S/C15H36N2O4Si2/c1-18-14(19-2)22-11-5-7-16-9-10-17(13-16)8-6-12-23-15(20-3)21-4/h14-15H,5-13,22-23H2,1-4H3. The van der Waals surface area contributed by atoms with Gasteiger partial charge in [-0.1, -0.05) is 12.1 Å². The second kappa shape index (κ2) is 13.5. The molecule has 1 aliphatic heterocycles. The molecule has 0 bridgehead atoms. The molecule has 0 radical (unpaired) electrons. The third kappa shape index (κ3) is 9.30. The van der Waals surface area contributed by atoms with Crippen LogP contribution >= 0.6 is 0 Å². The Labute approximate surface area is 146 Å². The summed E-state index contributed by atoms with van der Waals surface area (Å²) in [5.74, 6) is 0.189. The molecule has 1 heterocycles. The molecule has 0 N–H and O–H groups in total. The molecule has 0 aliphatic carbocycles. The van der Waals surface area contributed by atoms with Crippen molar-refractivity contribution in [2.45, 2.75) is 36.8 Å². The molecule has 0 aromatic heterocycles. The van der Waals surface area contributed by atoms with Gasteiger partial charge in [0.25, 0.3) is 0 Å². The predicted octanol–water partition coefficient (Wildman–Crippen LogP) is -0.331. The summed E-state index contributed by atoms with van der Waals surface area (Å²) in [6.45, 7) is 6.01. The molecule has 6 nitrogen and oxygen atoms in total. The molecule has 1 fully saturated rings.